The molecule has 0 aromatic carbocycles. The van der Waals surface area contributed by atoms with E-state index in [0.717, 1.165) is 5.69 Å². The van der Waals surface area contributed by atoms with Gasteiger partial charge in [-0.1, -0.05) is 0 Å². The van der Waals surface area contributed by atoms with Crippen LogP contribution < -0.4 is 14.8 Å². The predicted octanol–water partition coefficient (Wildman–Crippen LogP) is 1.35. The number of aromatic nitrogens is 4. The second-order valence-electron chi connectivity index (χ2n) is 3.30. The molecule has 2 aromatic heterocycles. The first-order chi connectivity index (χ1) is 8.24. The highest BCUT2D eigenvalue weighted by atomic mass is 16.5. The maximum Gasteiger partial charge on any atom is 0.269 e. The molecule has 7 heteroatoms. The van der Waals surface area contributed by atoms with Gasteiger partial charge in [0.05, 0.1) is 7.11 Å². The third-order valence-electron chi connectivity index (χ3n) is 2.10. The first-order valence-electron chi connectivity index (χ1n) is 5.01. The van der Waals surface area contributed by atoms with Crippen LogP contribution in [0.25, 0.3) is 0 Å². The lowest BCUT2D eigenvalue weighted by atomic mass is 10.5. The van der Waals surface area contributed by atoms with E-state index >= 15 is 0 Å². The number of methoxy groups -OCH3 is 1. The van der Waals surface area contributed by atoms with E-state index in [9.17, 15) is 0 Å². The molecule has 0 aliphatic rings. The number of H-pyrrole nitrogens is 1. The molecule has 0 atom stereocenters. The predicted molar refractivity (Wildman–Crippen MR) is 61.5 cm³/mol. The zero-order chi connectivity index (χ0) is 12.3. The first kappa shape index (κ1) is 11.2. The minimum atomic E-state index is 0.318. The highest BCUT2D eigenvalue weighted by Gasteiger charge is 2.14. The maximum absolute atomic E-state index is 5.51. The van der Waals surface area contributed by atoms with Gasteiger partial charge >= 0.3 is 0 Å². The van der Waals surface area contributed by atoms with E-state index in [1.54, 1.807) is 13.1 Å². The number of nitrogens with one attached hydrogen (secondary N) is 2. The number of hydrogen-bond acceptors (Lipinski definition) is 6. The normalized spacial score (nSPS) is 10.1. The average Bonchev–Trinajstić information content (AvgIpc) is 2.74. The summed E-state index contributed by atoms with van der Waals surface area (Å²) in [7, 11) is 3.27. The Morgan fingerprint density at radius 2 is 2.18 bits per heavy atom. The average molecular weight is 235 g/mol. The molecule has 2 heterocycles. The van der Waals surface area contributed by atoms with Gasteiger partial charge in [0.1, 0.15) is 6.33 Å². The quantitative estimate of drug-likeness (QED) is 0.832. The molecule has 0 unspecified atom stereocenters. The number of rotatable bonds is 4. The molecule has 0 fully saturated rings. The van der Waals surface area contributed by atoms with Crippen LogP contribution >= 0.6 is 0 Å². The molecular formula is C10H13N5O2. The summed E-state index contributed by atoms with van der Waals surface area (Å²) in [4.78, 5) is 8.03. The third kappa shape index (κ3) is 2.27. The standard InChI is InChI=1S/C10H13N5O2/c1-6-4-7(15-14-6)17-10-8(16-3)9(11-2)12-5-13-10/h4-5H,1-3H3,(H,14,15)(H,11,12,13). The Morgan fingerprint density at radius 3 is 2.76 bits per heavy atom. The van der Waals surface area contributed by atoms with E-state index in [1.165, 1.54) is 13.4 Å². The van der Waals surface area contributed by atoms with Crippen LogP contribution in [0.3, 0.4) is 0 Å². The van der Waals surface area contributed by atoms with Crippen LogP contribution in [-0.2, 0) is 0 Å². The lowest BCUT2D eigenvalue weighted by Gasteiger charge is -2.09. The summed E-state index contributed by atoms with van der Waals surface area (Å²) in [6, 6.07) is 1.76. The molecule has 0 bridgehead atoms. The number of aromatic amines is 1. The third-order valence-corrected chi connectivity index (χ3v) is 2.10. The van der Waals surface area contributed by atoms with Crippen molar-refractivity contribution in [3.8, 4) is 17.5 Å². The molecule has 0 aliphatic heterocycles. The Kier molecular flexibility index (Phi) is 3.08. The molecule has 2 rings (SSSR count). The Bertz CT molecular complexity index is 511. The topological polar surface area (TPSA) is 85.0 Å². The summed E-state index contributed by atoms with van der Waals surface area (Å²) in [6.07, 6.45) is 1.39. The minimum absolute atomic E-state index is 0.318. The summed E-state index contributed by atoms with van der Waals surface area (Å²) >= 11 is 0. The smallest absolute Gasteiger partial charge is 0.269 e. The van der Waals surface area contributed by atoms with Gasteiger partial charge in [0.25, 0.3) is 5.88 Å². The Balaban J connectivity index is 2.32. The Labute approximate surface area is 98.2 Å². The van der Waals surface area contributed by atoms with Crippen molar-refractivity contribution in [2.24, 2.45) is 0 Å². The highest BCUT2D eigenvalue weighted by Crippen LogP contribution is 2.33. The molecule has 0 amide bonds. The summed E-state index contributed by atoms with van der Waals surface area (Å²) < 4.78 is 10.7. The molecule has 2 N–H and O–H groups in total. The lowest BCUT2D eigenvalue weighted by molar-refractivity contribution is 0.363. The van der Waals surface area contributed by atoms with E-state index < -0.39 is 0 Å². The van der Waals surface area contributed by atoms with Crippen molar-refractivity contribution in [3.05, 3.63) is 18.1 Å². The molecule has 0 radical (unpaired) electrons. The monoisotopic (exact) mass is 235 g/mol. The fourth-order valence-corrected chi connectivity index (χ4v) is 1.34. The Hall–Kier alpha value is -2.31. The van der Waals surface area contributed by atoms with E-state index in [-0.39, 0.29) is 0 Å². The van der Waals surface area contributed by atoms with Crippen LogP contribution in [0.2, 0.25) is 0 Å². The summed E-state index contributed by atoms with van der Waals surface area (Å²) in [5, 5.41) is 9.63. The van der Waals surface area contributed by atoms with Gasteiger partial charge in [-0.3, -0.25) is 5.10 Å². The zero-order valence-electron chi connectivity index (χ0n) is 9.81. The molecule has 0 saturated carbocycles. The number of nitrogens with zero attached hydrogens (tertiary/aromatic N) is 3. The first-order valence-corrected chi connectivity index (χ1v) is 5.01. The van der Waals surface area contributed by atoms with Gasteiger partial charge in [-0.15, -0.1) is 5.10 Å². The van der Waals surface area contributed by atoms with Crippen LogP contribution in [0.4, 0.5) is 5.82 Å². The van der Waals surface area contributed by atoms with Gasteiger partial charge in [0.15, 0.2) is 5.82 Å². The summed E-state index contributed by atoms with van der Waals surface area (Å²) in [5.41, 5.74) is 0.905. The van der Waals surface area contributed by atoms with Crippen molar-refractivity contribution in [3.63, 3.8) is 0 Å². The van der Waals surface area contributed by atoms with Crippen molar-refractivity contribution in [1.29, 1.82) is 0 Å². The van der Waals surface area contributed by atoms with Gasteiger partial charge in [0, 0.05) is 18.8 Å². The molecule has 7 nitrogen and oxygen atoms in total. The van der Waals surface area contributed by atoms with Crippen molar-refractivity contribution < 1.29 is 9.47 Å². The van der Waals surface area contributed by atoms with E-state index in [1.807, 2.05) is 6.92 Å². The Morgan fingerprint density at radius 1 is 1.35 bits per heavy atom. The molecule has 0 aliphatic carbocycles. The summed E-state index contributed by atoms with van der Waals surface area (Å²) in [6.45, 7) is 1.89. The lowest BCUT2D eigenvalue weighted by Crippen LogP contribution is -2.00. The van der Waals surface area contributed by atoms with E-state index in [0.29, 0.717) is 23.3 Å². The van der Waals surface area contributed by atoms with Crippen molar-refractivity contribution in [2.45, 2.75) is 6.92 Å². The largest absolute Gasteiger partial charge is 0.489 e. The van der Waals surface area contributed by atoms with Crippen molar-refractivity contribution in [2.75, 3.05) is 19.5 Å². The highest BCUT2D eigenvalue weighted by molar-refractivity contribution is 5.55. The van der Waals surface area contributed by atoms with Gasteiger partial charge in [-0.2, -0.15) is 4.98 Å². The van der Waals surface area contributed by atoms with Crippen LogP contribution in [0.1, 0.15) is 5.69 Å². The number of hydrogen-bond donors (Lipinski definition) is 2. The SMILES string of the molecule is CNc1ncnc(Oc2cc(C)[nH]n2)c1OC. The van der Waals surface area contributed by atoms with Gasteiger partial charge < -0.3 is 14.8 Å². The number of ether oxygens (including phenoxy) is 2. The zero-order valence-corrected chi connectivity index (χ0v) is 9.81. The van der Waals surface area contributed by atoms with E-state index in [2.05, 4.69) is 25.5 Å². The van der Waals surface area contributed by atoms with Crippen molar-refractivity contribution in [1.82, 2.24) is 20.2 Å². The van der Waals surface area contributed by atoms with Crippen LogP contribution in [0.15, 0.2) is 12.4 Å². The molecule has 17 heavy (non-hydrogen) atoms. The minimum Gasteiger partial charge on any atom is -0.489 e. The molecule has 2 aromatic rings. The second kappa shape index (κ2) is 4.69. The van der Waals surface area contributed by atoms with Gasteiger partial charge in [-0.25, -0.2) is 4.98 Å². The van der Waals surface area contributed by atoms with Crippen molar-refractivity contribution >= 4 is 5.82 Å². The van der Waals surface area contributed by atoms with E-state index in [4.69, 9.17) is 9.47 Å². The number of aryl methyl sites for hydroxylation is 1. The fourth-order valence-electron chi connectivity index (χ4n) is 1.34. The second-order valence-corrected chi connectivity index (χ2v) is 3.30. The summed E-state index contributed by atoms with van der Waals surface area (Å²) in [5.74, 6) is 1.75. The van der Waals surface area contributed by atoms with Gasteiger partial charge in [-0.05, 0) is 6.92 Å². The molecular weight excluding hydrogens is 222 g/mol. The van der Waals surface area contributed by atoms with Crippen LogP contribution in [0.5, 0.6) is 17.5 Å². The fraction of sp³-hybridized carbons (Fsp3) is 0.300. The van der Waals surface area contributed by atoms with Crippen LogP contribution in [0, 0.1) is 6.92 Å². The molecule has 0 saturated heterocycles. The molecule has 0 spiro atoms. The number of anilines is 1. The maximum atomic E-state index is 5.51. The molecule has 90 valence electrons. The van der Waals surface area contributed by atoms with Crippen LogP contribution in [-0.4, -0.2) is 34.3 Å². The van der Waals surface area contributed by atoms with Gasteiger partial charge in [0.2, 0.25) is 11.6 Å².